The molecule has 1 amide bonds. The number of benzene rings is 2. The lowest BCUT2D eigenvalue weighted by molar-refractivity contribution is 0.102. The lowest BCUT2D eigenvalue weighted by atomic mass is 10.2. The van der Waals surface area contributed by atoms with E-state index in [0.29, 0.717) is 17.1 Å². The van der Waals surface area contributed by atoms with Gasteiger partial charge in [-0.15, -0.1) is 10.2 Å². The summed E-state index contributed by atoms with van der Waals surface area (Å²) in [5, 5.41) is 11.2. The van der Waals surface area contributed by atoms with E-state index < -0.39 is 0 Å². The zero-order chi connectivity index (χ0) is 19.1. The fourth-order valence-electron chi connectivity index (χ4n) is 2.65. The molecule has 0 atom stereocenters. The van der Waals surface area contributed by atoms with Gasteiger partial charge in [0.1, 0.15) is 5.75 Å². The van der Waals surface area contributed by atoms with Gasteiger partial charge in [0.2, 0.25) is 0 Å². The molecule has 0 aliphatic rings. The zero-order valence-corrected chi connectivity index (χ0v) is 15.4. The highest BCUT2D eigenvalue weighted by molar-refractivity contribution is 6.03. The molecule has 0 aliphatic carbocycles. The maximum absolute atomic E-state index is 12.3. The van der Waals surface area contributed by atoms with E-state index in [-0.39, 0.29) is 5.91 Å². The highest BCUT2D eigenvalue weighted by Gasteiger charge is 2.10. The van der Waals surface area contributed by atoms with Crippen LogP contribution in [0.15, 0.2) is 66.7 Å². The van der Waals surface area contributed by atoms with Gasteiger partial charge in [-0.3, -0.25) is 4.79 Å². The number of anilines is 2. The molecular formula is C21H22N4O2. The van der Waals surface area contributed by atoms with Crippen LogP contribution in [0, 0.1) is 0 Å². The van der Waals surface area contributed by atoms with E-state index in [1.54, 1.807) is 37.4 Å². The third kappa shape index (κ3) is 4.82. The van der Waals surface area contributed by atoms with Crippen LogP contribution in [-0.4, -0.2) is 29.8 Å². The first-order valence-electron chi connectivity index (χ1n) is 8.77. The maximum atomic E-state index is 12.3. The number of carbonyl (C=O) groups is 1. The van der Waals surface area contributed by atoms with Gasteiger partial charge in [0.15, 0.2) is 11.6 Å². The molecular weight excluding hydrogens is 340 g/mol. The van der Waals surface area contributed by atoms with Gasteiger partial charge in [-0.05, 0) is 48.9 Å². The number of ether oxygens (including phenoxy) is 1. The minimum atomic E-state index is -0.240. The van der Waals surface area contributed by atoms with E-state index >= 15 is 0 Å². The molecule has 0 bridgehead atoms. The standard InChI is InChI=1S/C21H22N4O2/c1-3-25(15-16-7-5-4-6-8-16)20-14-13-19(23-24-20)22-21(26)17-9-11-18(27-2)12-10-17/h4-14H,3,15H2,1-2H3,(H,22,23,26). The molecule has 3 rings (SSSR count). The summed E-state index contributed by atoms with van der Waals surface area (Å²) in [7, 11) is 1.59. The number of hydrogen-bond donors (Lipinski definition) is 1. The third-order valence-corrected chi connectivity index (χ3v) is 4.17. The first-order chi connectivity index (χ1) is 13.2. The molecule has 2 aromatic carbocycles. The predicted octanol–water partition coefficient (Wildman–Crippen LogP) is 3.76. The van der Waals surface area contributed by atoms with Crippen LogP contribution in [-0.2, 0) is 6.54 Å². The minimum Gasteiger partial charge on any atom is -0.497 e. The Labute approximate surface area is 158 Å². The van der Waals surface area contributed by atoms with Crippen molar-refractivity contribution in [3.05, 3.63) is 77.9 Å². The van der Waals surface area contributed by atoms with Crippen LogP contribution in [0.2, 0.25) is 0 Å². The van der Waals surface area contributed by atoms with Crippen LogP contribution in [0.25, 0.3) is 0 Å². The molecule has 0 fully saturated rings. The van der Waals surface area contributed by atoms with Gasteiger partial charge in [-0.1, -0.05) is 30.3 Å². The van der Waals surface area contributed by atoms with E-state index in [2.05, 4.69) is 39.5 Å². The molecule has 1 heterocycles. The number of methoxy groups -OCH3 is 1. The number of hydrogen-bond acceptors (Lipinski definition) is 5. The van der Waals surface area contributed by atoms with Crippen LogP contribution in [0.1, 0.15) is 22.8 Å². The van der Waals surface area contributed by atoms with Crippen molar-refractivity contribution in [2.45, 2.75) is 13.5 Å². The van der Waals surface area contributed by atoms with Gasteiger partial charge in [0.25, 0.3) is 5.91 Å². The lowest BCUT2D eigenvalue weighted by Gasteiger charge is -2.21. The van der Waals surface area contributed by atoms with E-state index in [1.165, 1.54) is 5.56 Å². The van der Waals surface area contributed by atoms with Crippen LogP contribution >= 0.6 is 0 Å². The summed E-state index contributed by atoms with van der Waals surface area (Å²) >= 11 is 0. The molecule has 0 saturated heterocycles. The fourth-order valence-corrected chi connectivity index (χ4v) is 2.65. The largest absolute Gasteiger partial charge is 0.497 e. The molecule has 0 radical (unpaired) electrons. The SMILES string of the molecule is CCN(Cc1ccccc1)c1ccc(NC(=O)c2ccc(OC)cc2)nn1. The summed E-state index contributed by atoms with van der Waals surface area (Å²) in [5.41, 5.74) is 1.74. The Morgan fingerprint density at radius 2 is 1.74 bits per heavy atom. The highest BCUT2D eigenvalue weighted by Crippen LogP contribution is 2.16. The van der Waals surface area contributed by atoms with E-state index in [0.717, 1.165) is 18.9 Å². The molecule has 0 saturated carbocycles. The average Bonchev–Trinajstić information content (AvgIpc) is 2.73. The Hall–Kier alpha value is -3.41. The van der Waals surface area contributed by atoms with Gasteiger partial charge >= 0.3 is 0 Å². The Bertz CT molecular complexity index is 865. The number of carbonyl (C=O) groups excluding carboxylic acids is 1. The maximum Gasteiger partial charge on any atom is 0.256 e. The van der Waals surface area contributed by atoms with Crippen molar-refractivity contribution < 1.29 is 9.53 Å². The summed E-state index contributed by atoms with van der Waals surface area (Å²) in [6, 6.07) is 20.7. The van der Waals surface area contributed by atoms with Crippen molar-refractivity contribution >= 4 is 17.5 Å². The van der Waals surface area contributed by atoms with Crippen molar-refractivity contribution in [2.24, 2.45) is 0 Å². The van der Waals surface area contributed by atoms with E-state index in [9.17, 15) is 4.79 Å². The number of nitrogens with zero attached hydrogens (tertiary/aromatic N) is 3. The number of amides is 1. The zero-order valence-electron chi connectivity index (χ0n) is 15.4. The quantitative estimate of drug-likeness (QED) is 0.693. The smallest absolute Gasteiger partial charge is 0.256 e. The topological polar surface area (TPSA) is 67.4 Å². The molecule has 1 N–H and O–H groups in total. The van der Waals surface area contributed by atoms with Crippen molar-refractivity contribution in [2.75, 3.05) is 23.9 Å². The van der Waals surface area contributed by atoms with Crippen LogP contribution in [0.3, 0.4) is 0 Å². The van der Waals surface area contributed by atoms with Gasteiger partial charge in [-0.2, -0.15) is 0 Å². The minimum absolute atomic E-state index is 0.240. The van der Waals surface area contributed by atoms with E-state index in [4.69, 9.17) is 4.74 Å². The van der Waals surface area contributed by atoms with Crippen LogP contribution in [0.5, 0.6) is 5.75 Å². The molecule has 0 spiro atoms. The summed E-state index contributed by atoms with van der Waals surface area (Å²) in [6.07, 6.45) is 0. The molecule has 0 unspecified atom stereocenters. The van der Waals surface area contributed by atoms with Gasteiger partial charge in [-0.25, -0.2) is 0 Å². The van der Waals surface area contributed by atoms with Crippen molar-refractivity contribution in [3.8, 4) is 5.75 Å². The summed E-state index contributed by atoms with van der Waals surface area (Å²) in [5.74, 6) is 1.64. The van der Waals surface area contributed by atoms with Crippen molar-refractivity contribution in [3.63, 3.8) is 0 Å². The summed E-state index contributed by atoms with van der Waals surface area (Å²) in [6.45, 7) is 3.63. The predicted molar refractivity (Wildman–Crippen MR) is 106 cm³/mol. The molecule has 27 heavy (non-hydrogen) atoms. The average molecular weight is 362 g/mol. The Morgan fingerprint density at radius 3 is 2.33 bits per heavy atom. The molecule has 6 heteroatoms. The number of nitrogens with one attached hydrogen (secondary N) is 1. The van der Waals surface area contributed by atoms with Crippen LogP contribution in [0.4, 0.5) is 11.6 Å². The van der Waals surface area contributed by atoms with Crippen molar-refractivity contribution in [1.29, 1.82) is 0 Å². The Balaban J connectivity index is 1.65. The lowest BCUT2D eigenvalue weighted by Crippen LogP contribution is -2.23. The second-order valence-corrected chi connectivity index (χ2v) is 5.96. The second kappa shape index (κ2) is 8.80. The number of aromatic nitrogens is 2. The first kappa shape index (κ1) is 18.4. The summed E-state index contributed by atoms with van der Waals surface area (Å²) in [4.78, 5) is 14.4. The molecule has 6 nitrogen and oxygen atoms in total. The second-order valence-electron chi connectivity index (χ2n) is 5.96. The molecule has 138 valence electrons. The Kier molecular flexibility index (Phi) is 5.99. The summed E-state index contributed by atoms with van der Waals surface area (Å²) < 4.78 is 5.10. The molecule has 3 aromatic rings. The van der Waals surface area contributed by atoms with Gasteiger partial charge < -0.3 is 15.0 Å². The first-order valence-corrected chi connectivity index (χ1v) is 8.77. The normalized spacial score (nSPS) is 10.3. The molecule has 0 aliphatic heterocycles. The van der Waals surface area contributed by atoms with Gasteiger partial charge in [0, 0.05) is 18.7 Å². The number of rotatable bonds is 7. The highest BCUT2D eigenvalue weighted by atomic mass is 16.5. The molecule has 1 aromatic heterocycles. The third-order valence-electron chi connectivity index (χ3n) is 4.17. The van der Waals surface area contributed by atoms with Crippen molar-refractivity contribution in [1.82, 2.24) is 10.2 Å². The van der Waals surface area contributed by atoms with Crippen LogP contribution < -0.4 is 15.0 Å². The van der Waals surface area contributed by atoms with Gasteiger partial charge in [0.05, 0.1) is 7.11 Å². The Morgan fingerprint density at radius 1 is 1.00 bits per heavy atom. The fraction of sp³-hybridized carbons (Fsp3) is 0.190. The van der Waals surface area contributed by atoms with E-state index in [1.807, 2.05) is 24.3 Å². The monoisotopic (exact) mass is 362 g/mol.